The summed E-state index contributed by atoms with van der Waals surface area (Å²) in [7, 11) is 0. The predicted octanol–water partition coefficient (Wildman–Crippen LogP) is 3.84. The van der Waals surface area contributed by atoms with Crippen LogP contribution in [0.25, 0.3) is 10.2 Å². The van der Waals surface area contributed by atoms with Gasteiger partial charge in [-0.15, -0.1) is 11.3 Å². The maximum Gasteiger partial charge on any atom is 0.234 e. The third-order valence-electron chi connectivity index (χ3n) is 4.62. The van der Waals surface area contributed by atoms with Crippen molar-refractivity contribution in [3.63, 3.8) is 0 Å². The second-order valence-corrected chi connectivity index (χ2v) is 8.91. The molecule has 0 fully saturated rings. The molecular weight excluding hydrogens is 406 g/mol. The lowest BCUT2D eigenvalue weighted by molar-refractivity contribution is -0.114. The molecule has 1 aliphatic rings. The average molecular weight is 428 g/mol. The summed E-state index contributed by atoms with van der Waals surface area (Å²) in [6.07, 6.45) is 4.50. The van der Waals surface area contributed by atoms with Crippen molar-refractivity contribution >= 4 is 62.3 Å². The van der Waals surface area contributed by atoms with Crippen molar-refractivity contribution in [3.05, 3.63) is 34.7 Å². The molecule has 1 aliphatic carbocycles. The van der Waals surface area contributed by atoms with Gasteiger partial charge in [0, 0.05) is 23.2 Å². The fourth-order valence-corrected chi connectivity index (χ4v) is 5.41. The van der Waals surface area contributed by atoms with Gasteiger partial charge in [0.25, 0.3) is 0 Å². The second-order valence-electron chi connectivity index (χ2n) is 6.88. The number of carbonyl (C=O) groups excluding carboxylic acids is 2. The molecule has 2 amide bonds. The van der Waals surface area contributed by atoms with Crippen LogP contribution in [0.15, 0.2) is 29.4 Å². The number of hydrogen-bond acceptors (Lipinski definition) is 7. The topological polar surface area (TPSA) is 110 Å². The quantitative estimate of drug-likeness (QED) is 0.421. The molecule has 29 heavy (non-hydrogen) atoms. The summed E-state index contributed by atoms with van der Waals surface area (Å²) in [5.41, 5.74) is 8.77. The highest BCUT2D eigenvalue weighted by atomic mass is 32.2. The second kappa shape index (κ2) is 8.38. The lowest BCUT2D eigenvalue weighted by atomic mass is 9.97. The van der Waals surface area contributed by atoms with E-state index in [4.69, 9.17) is 5.73 Å². The largest absolute Gasteiger partial charge is 0.383 e. The highest BCUT2D eigenvalue weighted by molar-refractivity contribution is 7.99. The Bertz CT molecular complexity index is 1100. The minimum Gasteiger partial charge on any atom is -0.383 e. The van der Waals surface area contributed by atoms with Gasteiger partial charge in [-0.05, 0) is 49.4 Å². The van der Waals surface area contributed by atoms with E-state index in [1.807, 2.05) is 0 Å². The summed E-state index contributed by atoms with van der Waals surface area (Å²) in [5.74, 6) is 0.327. The maximum absolute atomic E-state index is 12.3. The van der Waals surface area contributed by atoms with E-state index in [0.717, 1.165) is 23.1 Å². The molecule has 0 saturated heterocycles. The number of nitrogen functional groups attached to an aromatic ring is 1. The van der Waals surface area contributed by atoms with Crippen LogP contribution in [0.1, 0.15) is 30.2 Å². The summed E-state index contributed by atoms with van der Waals surface area (Å²) in [6.45, 7) is 1.44. The maximum atomic E-state index is 12.3. The van der Waals surface area contributed by atoms with Crippen LogP contribution in [-0.4, -0.2) is 27.5 Å². The molecule has 3 aromatic rings. The molecule has 2 aromatic heterocycles. The first-order valence-corrected chi connectivity index (χ1v) is 11.2. The van der Waals surface area contributed by atoms with E-state index in [2.05, 4.69) is 20.6 Å². The average Bonchev–Trinajstić information content (AvgIpc) is 3.05. The zero-order valence-electron chi connectivity index (χ0n) is 15.9. The van der Waals surface area contributed by atoms with Crippen LogP contribution in [0.5, 0.6) is 0 Å². The van der Waals surface area contributed by atoms with Crippen LogP contribution < -0.4 is 16.4 Å². The van der Waals surface area contributed by atoms with Gasteiger partial charge in [-0.3, -0.25) is 9.59 Å². The van der Waals surface area contributed by atoms with Crippen LogP contribution >= 0.6 is 23.1 Å². The molecule has 0 radical (unpaired) electrons. The Morgan fingerprint density at radius 3 is 2.72 bits per heavy atom. The molecule has 4 rings (SSSR count). The van der Waals surface area contributed by atoms with Gasteiger partial charge in [0.05, 0.1) is 11.1 Å². The zero-order valence-corrected chi connectivity index (χ0v) is 17.6. The summed E-state index contributed by atoms with van der Waals surface area (Å²) < 4.78 is 0. The Morgan fingerprint density at radius 2 is 1.93 bits per heavy atom. The number of rotatable bonds is 5. The number of aromatic nitrogens is 2. The Balaban J connectivity index is 1.43. The van der Waals surface area contributed by atoms with Gasteiger partial charge < -0.3 is 16.4 Å². The smallest absolute Gasteiger partial charge is 0.234 e. The predicted molar refractivity (Wildman–Crippen MR) is 119 cm³/mol. The van der Waals surface area contributed by atoms with Gasteiger partial charge in [0.1, 0.15) is 10.6 Å². The molecule has 0 spiro atoms. The van der Waals surface area contributed by atoms with Crippen molar-refractivity contribution in [2.45, 2.75) is 37.8 Å². The fourth-order valence-electron chi connectivity index (χ4n) is 3.43. The first kappa shape index (κ1) is 19.7. The number of nitrogens with two attached hydrogens (primary N) is 1. The number of benzene rings is 1. The third kappa shape index (κ3) is 4.51. The number of hydrogen-bond donors (Lipinski definition) is 3. The number of amides is 2. The lowest BCUT2D eigenvalue weighted by Gasteiger charge is -2.10. The van der Waals surface area contributed by atoms with Crippen LogP contribution in [0, 0.1) is 0 Å². The van der Waals surface area contributed by atoms with E-state index in [1.165, 1.54) is 42.0 Å². The minimum atomic E-state index is -0.178. The molecule has 0 aliphatic heterocycles. The highest BCUT2D eigenvalue weighted by Gasteiger charge is 2.20. The normalized spacial score (nSPS) is 13.1. The molecule has 4 N–H and O–H groups in total. The number of thioether (sulfide) groups is 1. The molecular formula is C20H21N5O2S2. The number of carbonyl (C=O) groups is 2. The number of fused-ring (bicyclic) bond motifs is 3. The summed E-state index contributed by atoms with van der Waals surface area (Å²) in [6, 6.07) is 7.01. The summed E-state index contributed by atoms with van der Waals surface area (Å²) in [4.78, 5) is 34.8. The molecule has 0 bridgehead atoms. The van der Waals surface area contributed by atoms with Crippen LogP contribution in [0.4, 0.5) is 17.2 Å². The van der Waals surface area contributed by atoms with E-state index < -0.39 is 0 Å². The molecule has 150 valence electrons. The van der Waals surface area contributed by atoms with E-state index in [9.17, 15) is 9.59 Å². The Hall–Kier alpha value is -2.65. The molecule has 7 nitrogen and oxygen atoms in total. The van der Waals surface area contributed by atoms with Gasteiger partial charge in [-0.2, -0.15) is 0 Å². The van der Waals surface area contributed by atoms with Crippen LogP contribution in [-0.2, 0) is 22.4 Å². The molecule has 0 unspecified atom stereocenters. The molecule has 9 heteroatoms. The first-order chi connectivity index (χ1) is 14.0. The van der Waals surface area contributed by atoms with Gasteiger partial charge in [-0.1, -0.05) is 17.8 Å². The number of thiophene rings is 1. The number of aryl methyl sites for hydroxylation is 2. The van der Waals surface area contributed by atoms with Crippen molar-refractivity contribution in [3.8, 4) is 0 Å². The summed E-state index contributed by atoms with van der Waals surface area (Å²) >= 11 is 2.95. The standard InChI is InChI=1S/C20H21N5O2S2/c1-11(26)22-12-5-4-6-13(9-12)23-16(27)10-28-20-24-18(21)17-14-7-2-3-8-15(14)29-19(17)25-20/h4-6,9H,2-3,7-8,10H2,1H3,(H,22,26)(H,23,27)(H2,21,24,25). The molecule has 0 atom stereocenters. The summed E-state index contributed by atoms with van der Waals surface area (Å²) in [5, 5.41) is 7.02. The number of anilines is 3. The minimum absolute atomic E-state index is 0.163. The first-order valence-electron chi connectivity index (χ1n) is 9.37. The Morgan fingerprint density at radius 1 is 1.17 bits per heavy atom. The number of nitrogens with one attached hydrogen (secondary N) is 2. The zero-order chi connectivity index (χ0) is 20.4. The lowest BCUT2D eigenvalue weighted by Crippen LogP contribution is -2.15. The van der Waals surface area contributed by atoms with Gasteiger partial charge >= 0.3 is 0 Å². The van der Waals surface area contributed by atoms with E-state index in [-0.39, 0.29) is 17.6 Å². The molecule has 0 saturated carbocycles. The van der Waals surface area contributed by atoms with Crippen molar-refractivity contribution in [1.82, 2.24) is 9.97 Å². The van der Waals surface area contributed by atoms with Crippen molar-refractivity contribution in [2.75, 3.05) is 22.1 Å². The van der Waals surface area contributed by atoms with Crippen molar-refractivity contribution in [1.29, 1.82) is 0 Å². The molecule has 2 heterocycles. The SMILES string of the molecule is CC(=O)Nc1cccc(NC(=O)CSc2nc(N)c3c4c(sc3n2)CCCC4)c1. The number of nitrogens with zero attached hydrogens (tertiary/aromatic N) is 2. The molecule has 1 aromatic carbocycles. The van der Waals surface area contributed by atoms with Crippen LogP contribution in [0.3, 0.4) is 0 Å². The Labute approximate surface area is 176 Å². The Kier molecular flexibility index (Phi) is 5.68. The van der Waals surface area contributed by atoms with Crippen molar-refractivity contribution < 1.29 is 9.59 Å². The monoisotopic (exact) mass is 427 g/mol. The van der Waals surface area contributed by atoms with Crippen LogP contribution in [0.2, 0.25) is 0 Å². The van der Waals surface area contributed by atoms with Crippen molar-refractivity contribution in [2.24, 2.45) is 0 Å². The van der Waals surface area contributed by atoms with E-state index >= 15 is 0 Å². The van der Waals surface area contributed by atoms with Gasteiger partial charge in [0.15, 0.2) is 5.16 Å². The van der Waals surface area contributed by atoms with Gasteiger partial charge in [0.2, 0.25) is 11.8 Å². The van der Waals surface area contributed by atoms with E-state index in [1.54, 1.807) is 35.6 Å². The fraction of sp³-hybridized carbons (Fsp3) is 0.300. The van der Waals surface area contributed by atoms with E-state index in [0.29, 0.717) is 22.3 Å². The highest BCUT2D eigenvalue weighted by Crippen LogP contribution is 2.38. The third-order valence-corrected chi connectivity index (χ3v) is 6.65. The van der Waals surface area contributed by atoms with Gasteiger partial charge in [-0.25, -0.2) is 9.97 Å².